The second-order valence-electron chi connectivity index (χ2n) is 2.79. The highest BCUT2D eigenvalue weighted by Crippen LogP contribution is 2.17. The molecule has 1 aromatic rings. The van der Waals surface area contributed by atoms with Crippen LogP contribution in [0.4, 0.5) is 5.82 Å². The van der Waals surface area contributed by atoms with E-state index < -0.39 is 0 Å². The van der Waals surface area contributed by atoms with Crippen molar-refractivity contribution in [3.8, 4) is 0 Å². The van der Waals surface area contributed by atoms with Gasteiger partial charge in [-0.3, -0.25) is 0 Å². The van der Waals surface area contributed by atoms with Crippen LogP contribution >= 0.6 is 0 Å². The molecule has 0 saturated heterocycles. The molecule has 0 fully saturated rings. The molecular weight excluding hydrogens is 150 g/mol. The van der Waals surface area contributed by atoms with Crippen LogP contribution in [-0.2, 0) is 0 Å². The Kier molecular flexibility index (Phi) is 2.43. The molecule has 0 radical (unpaired) electrons. The van der Waals surface area contributed by atoms with Gasteiger partial charge in [-0.2, -0.15) is 0 Å². The van der Waals surface area contributed by atoms with E-state index in [1.807, 2.05) is 25.9 Å². The normalized spacial score (nSPS) is 9.58. The van der Waals surface area contributed by atoms with Gasteiger partial charge in [0, 0.05) is 19.7 Å². The summed E-state index contributed by atoms with van der Waals surface area (Å²) < 4.78 is 0. The Bertz CT molecular complexity index is 292. The molecule has 0 bridgehead atoms. The maximum atomic E-state index is 4.15. The molecule has 1 rings (SSSR count). The van der Waals surface area contributed by atoms with Gasteiger partial charge >= 0.3 is 0 Å². The monoisotopic (exact) mass is 163 g/mol. The number of hydrogen-bond donors (Lipinski definition) is 0. The molecule has 0 N–H and O–H groups in total. The van der Waals surface area contributed by atoms with Crippen LogP contribution in [0.3, 0.4) is 0 Å². The molecule has 64 valence electrons. The number of anilines is 1. The lowest BCUT2D eigenvalue weighted by molar-refractivity contribution is 1.01. The van der Waals surface area contributed by atoms with Gasteiger partial charge in [-0.15, -0.1) is 0 Å². The lowest BCUT2D eigenvalue weighted by Crippen LogP contribution is -2.13. The quantitative estimate of drug-likeness (QED) is 0.661. The molecule has 12 heavy (non-hydrogen) atoms. The molecule has 0 unspecified atom stereocenters. The Balaban J connectivity index is 3.27. The van der Waals surface area contributed by atoms with Gasteiger partial charge in [0.15, 0.2) is 0 Å². The highest BCUT2D eigenvalue weighted by molar-refractivity contribution is 5.63. The summed E-state index contributed by atoms with van der Waals surface area (Å²) in [4.78, 5) is 10.2. The third-order valence-electron chi connectivity index (χ3n) is 1.69. The summed E-state index contributed by atoms with van der Waals surface area (Å²) in [6.07, 6.45) is 3.35. The molecule has 0 aromatic carbocycles. The number of nitrogens with zero attached hydrogens (tertiary/aromatic N) is 3. The van der Waals surface area contributed by atoms with Crippen molar-refractivity contribution in [2.75, 3.05) is 19.0 Å². The minimum absolute atomic E-state index is 0.914. The van der Waals surface area contributed by atoms with E-state index in [-0.39, 0.29) is 0 Å². The standard InChI is InChI=1S/C9H13N3/c1-5-8-7(2)10-6-11-9(8)12(3)4/h5-6H,1H2,2-4H3. The van der Waals surface area contributed by atoms with E-state index in [9.17, 15) is 0 Å². The van der Waals surface area contributed by atoms with Crippen molar-refractivity contribution in [2.24, 2.45) is 0 Å². The third kappa shape index (κ3) is 1.44. The average Bonchev–Trinajstić information content (AvgIpc) is 2.03. The van der Waals surface area contributed by atoms with Crippen molar-refractivity contribution < 1.29 is 0 Å². The molecule has 0 aliphatic rings. The molecule has 3 nitrogen and oxygen atoms in total. The molecule has 0 aliphatic carbocycles. The summed E-state index contributed by atoms with van der Waals surface area (Å²) in [5.41, 5.74) is 1.96. The van der Waals surface area contributed by atoms with Crippen molar-refractivity contribution >= 4 is 11.9 Å². The van der Waals surface area contributed by atoms with E-state index in [0.717, 1.165) is 17.1 Å². The van der Waals surface area contributed by atoms with Crippen molar-refractivity contribution in [1.82, 2.24) is 9.97 Å². The Morgan fingerprint density at radius 1 is 1.42 bits per heavy atom. The smallest absolute Gasteiger partial charge is 0.138 e. The van der Waals surface area contributed by atoms with Gasteiger partial charge in [0.25, 0.3) is 0 Å². The number of hydrogen-bond acceptors (Lipinski definition) is 3. The van der Waals surface area contributed by atoms with Crippen LogP contribution in [0.25, 0.3) is 6.08 Å². The van der Waals surface area contributed by atoms with Gasteiger partial charge in [0.2, 0.25) is 0 Å². The van der Waals surface area contributed by atoms with Crippen LogP contribution in [-0.4, -0.2) is 24.1 Å². The van der Waals surface area contributed by atoms with Crippen LogP contribution in [0.15, 0.2) is 12.9 Å². The van der Waals surface area contributed by atoms with Gasteiger partial charge < -0.3 is 4.90 Å². The molecule has 0 aliphatic heterocycles. The van der Waals surface area contributed by atoms with Crippen LogP contribution in [0.5, 0.6) is 0 Å². The Morgan fingerprint density at radius 3 is 2.50 bits per heavy atom. The van der Waals surface area contributed by atoms with E-state index in [4.69, 9.17) is 0 Å². The maximum absolute atomic E-state index is 4.15. The van der Waals surface area contributed by atoms with Gasteiger partial charge in [0.05, 0.1) is 5.69 Å². The Hall–Kier alpha value is -1.38. The fraction of sp³-hybridized carbons (Fsp3) is 0.333. The highest BCUT2D eigenvalue weighted by Gasteiger charge is 2.05. The molecule has 0 amide bonds. The summed E-state index contributed by atoms with van der Waals surface area (Å²) >= 11 is 0. The Labute approximate surface area is 72.8 Å². The fourth-order valence-electron chi connectivity index (χ4n) is 1.07. The Morgan fingerprint density at radius 2 is 2.08 bits per heavy atom. The predicted molar refractivity (Wildman–Crippen MR) is 51.2 cm³/mol. The van der Waals surface area contributed by atoms with Crippen molar-refractivity contribution in [1.29, 1.82) is 0 Å². The first-order valence-corrected chi connectivity index (χ1v) is 3.78. The maximum Gasteiger partial charge on any atom is 0.138 e. The molecular formula is C9H13N3. The van der Waals surface area contributed by atoms with Crippen molar-refractivity contribution in [2.45, 2.75) is 6.92 Å². The number of aromatic nitrogens is 2. The zero-order valence-corrected chi connectivity index (χ0v) is 7.70. The lowest BCUT2D eigenvalue weighted by Gasteiger charge is -2.14. The van der Waals surface area contributed by atoms with Crippen molar-refractivity contribution in [3.05, 3.63) is 24.2 Å². The van der Waals surface area contributed by atoms with Crippen LogP contribution in [0, 0.1) is 6.92 Å². The first-order chi connectivity index (χ1) is 5.66. The van der Waals surface area contributed by atoms with Gasteiger partial charge in [-0.1, -0.05) is 12.7 Å². The lowest BCUT2D eigenvalue weighted by atomic mass is 10.2. The van der Waals surface area contributed by atoms with Crippen LogP contribution < -0.4 is 4.90 Å². The third-order valence-corrected chi connectivity index (χ3v) is 1.69. The second-order valence-corrected chi connectivity index (χ2v) is 2.79. The zero-order chi connectivity index (χ0) is 9.14. The molecule has 3 heteroatoms. The zero-order valence-electron chi connectivity index (χ0n) is 7.70. The van der Waals surface area contributed by atoms with Gasteiger partial charge in [-0.25, -0.2) is 9.97 Å². The van der Waals surface area contributed by atoms with E-state index in [1.54, 1.807) is 12.4 Å². The first kappa shape index (κ1) is 8.71. The second kappa shape index (κ2) is 3.34. The minimum Gasteiger partial charge on any atom is -0.362 e. The molecule has 0 spiro atoms. The summed E-state index contributed by atoms with van der Waals surface area (Å²) in [5, 5.41) is 0. The first-order valence-electron chi connectivity index (χ1n) is 3.78. The number of aryl methyl sites for hydroxylation is 1. The minimum atomic E-state index is 0.914. The summed E-state index contributed by atoms with van der Waals surface area (Å²) in [5.74, 6) is 0.914. The summed E-state index contributed by atoms with van der Waals surface area (Å²) in [6.45, 7) is 5.68. The average molecular weight is 163 g/mol. The van der Waals surface area contributed by atoms with Crippen LogP contribution in [0.1, 0.15) is 11.3 Å². The van der Waals surface area contributed by atoms with Crippen LogP contribution in [0.2, 0.25) is 0 Å². The van der Waals surface area contributed by atoms with Crippen molar-refractivity contribution in [3.63, 3.8) is 0 Å². The van der Waals surface area contributed by atoms with E-state index >= 15 is 0 Å². The SMILES string of the molecule is C=Cc1c(C)ncnc1N(C)C. The topological polar surface area (TPSA) is 29.0 Å². The van der Waals surface area contributed by atoms with Gasteiger partial charge in [-0.05, 0) is 6.92 Å². The highest BCUT2D eigenvalue weighted by atomic mass is 15.1. The molecule has 0 saturated carbocycles. The fourth-order valence-corrected chi connectivity index (χ4v) is 1.07. The van der Waals surface area contributed by atoms with E-state index in [2.05, 4.69) is 16.5 Å². The molecule has 1 heterocycles. The van der Waals surface area contributed by atoms with E-state index in [1.165, 1.54) is 0 Å². The molecule has 0 atom stereocenters. The van der Waals surface area contributed by atoms with E-state index in [0.29, 0.717) is 0 Å². The summed E-state index contributed by atoms with van der Waals surface area (Å²) in [6, 6.07) is 0. The number of rotatable bonds is 2. The molecule has 1 aromatic heterocycles. The van der Waals surface area contributed by atoms with Gasteiger partial charge in [0.1, 0.15) is 12.1 Å². The predicted octanol–water partition coefficient (Wildman–Crippen LogP) is 1.49. The summed E-state index contributed by atoms with van der Waals surface area (Å²) in [7, 11) is 3.91. The largest absolute Gasteiger partial charge is 0.362 e.